The molecule has 0 aliphatic carbocycles. The quantitative estimate of drug-likeness (QED) is 0.621. The minimum atomic E-state index is 0.535. The summed E-state index contributed by atoms with van der Waals surface area (Å²) in [4.78, 5) is 2.08. The van der Waals surface area contributed by atoms with E-state index in [1.165, 1.54) is 5.69 Å². The molecule has 0 aliphatic heterocycles. The first-order valence-electron chi connectivity index (χ1n) is 3.41. The van der Waals surface area contributed by atoms with E-state index < -0.39 is 0 Å². The van der Waals surface area contributed by atoms with Gasteiger partial charge in [-0.2, -0.15) is 0 Å². The topological polar surface area (TPSA) is 3.24 Å². The second-order valence-electron chi connectivity index (χ2n) is 2.23. The molecule has 0 aliphatic rings. The summed E-state index contributed by atoms with van der Waals surface area (Å²) in [7, 11) is 4.07. The van der Waals surface area contributed by atoms with Crippen LogP contribution in [0.2, 0.25) is 0 Å². The first-order chi connectivity index (χ1) is 5.30. The molecule has 0 saturated heterocycles. The van der Waals surface area contributed by atoms with Gasteiger partial charge >= 0.3 is 50.9 Å². The number of para-hydroxylation sites is 1. The van der Waals surface area contributed by atoms with Crippen LogP contribution >= 0.6 is 3.76 Å². The van der Waals surface area contributed by atoms with Crippen LogP contribution in [0, 0.1) is 0 Å². The molecule has 11 heavy (non-hydrogen) atoms. The Morgan fingerprint density at radius 2 is 1.55 bits per heavy atom. The maximum atomic E-state index is 4.83. The third kappa shape index (κ3) is 5.23. The predicted molar refractivity (Wildman–Crippen MR) is 52.4 cm³/mol. The van der Waals surface area contributed by atoms with Gasteiger partial charge in [-0.3, -0.25) is 0 Å². The second kappa shape index (κ2) is 7.59. The van der Waals surface area contributed by atoms with Crippen molar-refractivity contribution in [1.29, 1.82) is 0 Å². The van der Waals surface area contributed by atoms with Crippen molar-refractivity contribution >= 4 is 56.6 Å². The zero-order valence-corrected chi connectivity index (χ0v) is 11.1. The molecule has 0 spiro atoms. The Labute approximate surface area is 104 Å². The Kier molecular flexibility index (Phi) is 8.24. The van der Waals surface area contributed by atoms with Crippen molar-refractivity contribution in [3.05, 3.63) is 30.3 Å². The van der Waals surface area contributed by atoms with Crippen LogP contribution in [0.15, 0.2) is 30.3 Å². The molecule has 1 nitrogen and oxygen atoms in total. The molecule has 0 N–H and O–H groups in total. The van der Waals surface area contributed by atoms with Crippen LogP contribution in [-0.2, 0) is 0 Å². The number of hydrogen-bond donors (Lipinski definition) is 0. The summed E-state index contributed by atoms with van der Waals surface area (Å²) in [5.74, 6) is 0. The van der Waals surface area contributed by atoms with Crippen LogP contribution in [0.4, 0.5) is 5.69 Å². The standard InChI is InChI=1S/C8H11N.ClH.K/c1-9(2)8-6-4-3-5-7-8;;/h3-7H,1-2H3;1H;/q;;+1/p-1. The molecule has 0 atom stereocenters. The van der Waals surface area contributed by atoms with Crippen LogP contribution in [-0.4, -0.2) is 61.2 Å². The normalized spacial score (nSPS) is 8.09. The Hall–Kier alpha value is 0.946. The van der Waals surface area contributed by atoms with E-state index in [2.05, 4.69) is 17.0 Å². The molecule has 1 rings (SSSR count). The number of rotatable bonds is 1. The zero-order chi connectivity index (χ0) is 8.69. The van der Waals surface area contributed by atoms with Gasteiger partial charge in [0.25, 0.3) is 0 Å². The Morgan fingerprint density at radius 3 is 1.82 bits per heavy atom. The molecule has 0 fully saturated rings. The SMILES string of the molecule is CN(C)c1ccccc1.[Cl][K]. The average Bonchev–Trinajstić information content (AvgIpc) is 2.10. The van der Waals surface area contributed by atoms with Gasteiger partial charge in [0, 0.05) is 19.8 Å². The molecule has 1 aromatic carbocycles. The van der Waals surface area contributed by atoms with Crippen molar-refractivity contribution < 1.29 is 0 Å². The molecule has 0 heterocycles. The molecule has 3 heteroatoms. The average molecular weight is 196 g/mol. The number of hydrogen-bond acceptors (Lipinski definition) is 1. The number of halogens is 1. The minimum absolute atomic E-state index is 0.535. The second-order valence-corrected chi connectivity index (χ2v) is 2.23. The number of anilines is 1. The van der Waals surface area contributed by atoms with Gasteiger partial charge in [0.1, 0.15) is 0 Å². The molecule has 0 unspecified atom stereocenters. The van der Waals surface area contributed by atoms with Crippen molar-refractivity contribution in [2.24, 2.45) is 0 Å². The Morgan fingerprint density at radius 1 is 1.09 bits per heavy atom. The van der Waals surface area contributed by atoms with E-state index >= 15 is 0 Å². The molecule has 0 aromatic heterocycles. The van der Waals surface area contributed by atoms with Crippen molar-refractivity contribution in [1.82, 2.24) is 0 Å². The summed E-state index contributed by atoms with van der Waals surface area (Å²) < 4.78 is 4.83. The summed E-state index contributed by atoms with van der Waals surface area (Å²) in [5.41, 5.74) is 1.25. The van der Waals surface area contributed by atoms with E-state index in [1.807, 2.05) is 32.3 Å². The fourth-order valence-electron chi connectivity index (χ4n) is 0.726. The van der Waals surface area contributed by atoms with E-state index in [4.69, 9.17) is 3.76 Å². The van der Waals surface area contributed by atoms with Gasteiger partial charge in [0.2, 0.25) is 0 Å². The first kappa shape index (κ1) is 11.9. The Balaban J connectivity index is 0.000000461. The zero-order valence-electron chi connectivity index (χ0n) is 7.21. The summed E-state index contributed by atoms with van der Waals surface area (Å²) >= 11 is 0.535. The summed E-state index contributed by atoms with van der Waals surface area (Å²) in [6.07, 6.45) is 0. The van der Waals surface area contributed by atoms with Crippen LogP contribution in [0.25, 0.3) is 0 Å². The van der Waals surface area contributed by atoms with Crippen molar-refractivity contribution in [2.75, 3.05) is 19.0 Å². The number of nitrogens with zero attached hydrogens (tertiary/aromatic N) is 1. The van der Waals surface area contributed by atoms with E-state index in [9.17, 15) is 0 Å². The van der Waals surface area contributed by atoms with Gasteiger partial charge in [0.05, 0.1) is 0 Å². The molecule has 0 amide bonds. The number of benzene rings is 1. The first-order valence-corrected chi connectivity index (χ1v) is 7.70. The van der Waals surface area contributed by atoms with Crippen molar-refractivity contribution in [3.63, 3.8) is 0 Å². The van der Waals surface area contributed by atoms with Gasteiger partial charge < -0.3 is 4.90 Å². The molecular weight excluding hydrogens is 185 g/mol. The van der Waals surface area contributed by atoms with Crippen LogP contribution < -0.4 is 4.90 Å². The monoisotopic (exact) mass is 195 g/mol. The van der Waals surface area contributed by atoms with E-state index in [1.54, 1.807) is 0 Å². The van der Waals surface area contributed by atoms with Gasteiger partial charge in [-0.1, -0.05) is 18.2 Å². The van der Waals surface area contributed by atoms with E-state index in [0.717, 1.165) is 0 Å². The summed E-state index contributed by atoms with van der Waals surface area (Å²) in [5, 5.41) is 0. The Bertz CT molecular complexity index is 177. The third-order valence-corrected chi connectivity index (χ3v) is 1.27. The van der Waals surface area contributed by atoms with Crippen LogP contribution in [0.5, 0.6) is 0 Å². The van der Waals surface area contributed by atoms with Gasteiger partial charge in [-0.25, -0.2) is 0 Å². The third-order valence-electron chi connectivity index (χ3n) is 1.27. The van der Waals surface area contributed by atoms with E-state index in [0.29, 0.717) is 47.1 Å². The molecule has 1 aromatic rings. The van der Waals surface area contributed by atoms with Crippen LogP contribution in [0.1, 0.15) is 0 Å². The predicted octanol–water partition coefficient (Wildman–Crippen LogP) is 2.06. The maximum absolute atomic E-state index is 4.83. The fraction of sp³-hybridized carbons (Fsp3) is 0.250. The summed E-state index contributed by atoms with van der Waals surface area (Å²) in [6, 6.07) is 10.3. The van der Waals surface area contributed by atoms with Gasteiger partial charge in [0.15, 0.2) is 0 Å². The van der Waals surface area contributed by atoms with E-state index in [-0.39, 0.29) is 0 Å². The van der Waals surface area contributed by atoms with Crippen LogP contribution in [0.3, 0.4) is 0 Å². The molecule has 56 valence electrons. The molecule has 0 radical (unpaired) electrons. The van der Waals surface area contributed by atoms with Crippen molar-refractivity contribution in [3.8, 4) is 0 Å². The summed E-state index contributed by atoms with van der Waals surface area (Å²) in [6.45, 7) is 0. The fourth-order valence-corrected chi connectivity index (χ4v) is 0.726. The van der Waals surface area contributed by atoms with Crippen molar-refractivity contribution in [2.45, 2.75) is 0 Å². The van der Waals surface area contributed by atoms with Gasteiger partial charge in [-0.15, -0.1) is 0 Å². The molecule has 0 saturated carbocycles. The molecular formula is C8H11ClKN. The molecule has 0 bridgehead atoms. The van der Waals surface area contributed by atoms with Gasteiger partial charge in [-0.05, 0) is 12.1 Å².